The van der Waals surface area contributed by atoms with Gasteiger partial charge in [-0.15, -0.1) is 0 Å². The van der Waals surface area contributed by atoms with E-state index in [1.165, 1.54) is 22.3 Å². The molecule has 0 aromatic carbocycles. The molecule has 0 aliphatic rings. The maximum Gasteiger partial charge on any atom is 0.140 e. The first kappa shape index (κ1) is 14.9. The molecule has 0 fully saturated rings. The van der Waals surface area contributed by atoms with E-state index >= 15 is 0 Å². The number of pyridine rings is 2. The SMILES string of the molecule is CC(C)c1cnc2c(CC(C)c3cnn4ccccc34)cccn12. The van der Waals surface area contributed by atoms with Crippen LogP contribution < -0.4 is 0 Å². The Labute approximate surface area is 141 Å². The highest BCUT2D eigenvalue weighted by Crippen LogP contribution is 2.27. The van der Waals surface area contributed by atoms with Crippen LogP contribution in [0, 0.1) is 0 Å². The third-order valence-electron chi connectivity index (χ3n) is 4.75. The van der Waals surface area contributed by atoms with Gasteiger partial charge >= 0.3 is 0 Å². The number of nitrogens with zero attached hydrogens (tertiary/aromatic N) is 4. The Bertz CT molecular complexity index is 993. The summed E-state index contributed by atoms with van der Waals surface area (Å²) in [6.07, 6.45) is 9.06. The zero-order valence-electron chi connectivity index (χ0n) is 14.3. The second-order valence-corrected chi connectivity index (χ2v) is 6.80. The molecule has 4 heterocycles. The Morgan fingerprint density at radius 1 is 1.00 bits per heavy atom. The molecule has 4 nitrogen and oxygen atoms in total. The van der Waals surface area contributed by atoms with Gasteiger partial charge in [0, 0.05) is 29.8 Å². The van der Waals surface area contributed by atoms with Crippen LogP contribution in [0.1, 0.15) is 49.4 Å². The predicted octanol–water partition coefficient (Wildman–Crippen LogP) is 4.45. The van der Waals surface area contributed by atoms with Gasteiger partial charge in [0.2, 0.25) is 0 Å². The second-order valence-electron chi connectivity index (χ2n) is 6.80. The topological polar surface area (TPSA) is 34.6 Å². The van der Waals surface area contributed by atoms with Gasteiger partial charge in [0.15, 0.2) is 0 Å². The molecule has 0 saturated heterocycles. The smallest absolute Gasteiger partial charge is 0.140 e. The van der Waals surface area contributed by atoms with Gasteiger partial charge in [-0.1, -0.05) is 32.9 Å². The summed E-state index contributed by atoms with van der Waals surface area (Å²) in [5.41, 5.74) is 6.09. The Hall–Kier alpha value is -2.62. The minimum Gasteiger partial charge on any atom is -0.304 e. The van der Waals surface area contributed by atoms with Crippen LogP contribution in [0.25, 0.3) is 11.2 Å². The van der Waals surface area contributed by atoms with Gasteiger partial charge in [0.1, 0.15) is 5.65 Å². The number of imidazole rings is 1. The number of fused-ring (bicyclic) bond motifs is 2. The standard InChI is InChI=1S/C20H22N4/c1-14(2)19-13-21-20-16(7-6-9-23(19)20)11-15(3)17-12-22-24-10-5-4-8-18(17)24/h4-10,12-15H,11H2,1-3H3. The highest BCUT2D eigenvalue weighted by molar-refractivity contribution is 5.56. The molecule has 0 saturated carbocycles. The van der Waals surface area contributed by atoms with Crippen molar-refractivity contribution in [2.24, 2.45) is 0 Å². The van der Waals surface area contributed by atoms with Crippen molar-refractivity contribution in [3.05, 3.63) is 71.9 Å². The van der Waals surface area contributed by atoms with Crippen LogP contribution in [0.4, 0.5) is 0 Å². The number of rotatable bonds is 4. The Balaban J connectivity index is 1.71. The number of aromatic nitrogens is 4. The Kier molecular flexibility index (Phi) is 3.60. The average Bonchev–Trinajstić information content (AvgIpc) is 3.19. The monoisotopic (exact) mass is 318 g/mol. The van der Waals surface area contributed by atoms with E-state index < -0.39 is 0 Å². The van der Waals surface area contributed by atoms with E-state index in [0.29, 0.717) is 11.8 Å². The molecule has 1 atom stereocenters. The van der Waals surface area contributed by atoms with Gasteiger partial charge in [-0.3, -0.25) is 0 Å². The van der Waals surface area contributed by atoms with Crippen molar-refractivity contribution < 1.29 is 0 Å². The number of hydrogen-bond donors (Lipinski definition) is 0. The first-order valence-corrected chi connectivity index (χ1v) is 8.52. The van der Waals surface area contributed by atoms with Gasteiger partial charge in [-0.25, -0.2) is 9.50 Å². The van der Waals surface area contributed by atoms with E-state index in [1.54, 1.807) is 0 Å². The van der Waals surface area contributed by atoms with Crippen molar-refractivity contribution in [3.63, 3.8) is 0 Å². The second kappa shape index (κ2) is 5.78. The fraction of sp³-hybridized carbons (Fsp3) is 0.300. The first-order valence-electron chi connectivity index (χ1n) is 8.52. The fourth-order valence-electron chi connectivity index (χ4n) is 3.45. The normalized spacial score (nSPS) is 13.2. The lowest BCUT2D eigenvalue weighted by molar-refractivity contribution is 0.761. The summed E-state index contributed by atoms with van der Waals surface area (Å²) >= 11 is 0. The van der Waals surface area contributed by atoms with E-state index in [4.69, 9.17) is 0 Å². The molecule has 24 heavy (non-hydrogen) atoms. The maximum atomic E-state index is 4.68. The molecule has 0 radical (unpaired) electrons. The van der Waals surface area contributed by atoms with Crippen LogP contribution in [-0.2, 0) is 6.42 Å². The van der Waals surface area contributed by atoms with E-state index in [2.05, 4.69) is 65.7 Å². The number of hydrogen-bond acceptors (Lipinski definition) is 2. The molecular formula is C20H22N4. The van der Waals surface area contributed by atoms with Gasteiger partial charge < -0.3 is 4.40 Å². The summed E-state index contributed by atoms with van der Waals surface area (Å²) in [6.45, 7) is 6.68. The van der Waals surface area contributed by atoms with Gasteiger partial charge in [0.25, 0.3) is 0 Å². The van der Waals surface area contributed by atoms with Crippen LogP contribution >= 0.6 is 0 Å². The van der Waals surface area contributed by atoms with Crippen molar-refractivity contribution in [1.29, 1.82) is 0 Å². The Morgan fingerprint density at radius 3 is 2.71 bits per heavy atom. The summed E-state index contributed by atoms with van der Waals surface area (Å²) in [4.78, 5) is 4.68. The molecule has 0 aliphatic heterocycles. The van der Waals surface area contributed by atoms with E-state index in [1.807, 2.05) is 29.2 Å². The molecule has 4 aromatic rings. The van der Waals surface area contributed by atoms with Gasteiger partial charge in [-0.2, -0.15) is 5.10 Å². The maximum absolute atomic E-state index is 4.68. The van der Waals surface area contributed by atoms with Crippen LogP contribution in [0.15, 0.2) is 55.1 Å². The van der Waals surface area contributed by atoms with Crippen LogP contribution in [-0.4, -0.2) is 19.0 Å². The van der Waals surface area contributed by atoms with Crippen molar-refractivity contribution in [3.8, 4) is 0 Å². The lowest BCUT2D eigenvalue weighted by atomic mass is 9.95. The molecule has 4 rings (SSSR count). The highest BCUT2D eigenvalue weighted by Gasteiger charge is 2.16. The minimum absolute atomic E-state index is 0.385. The minimum atomic E-state index is 0.385. The zero-order chi connectivity index (χ0) is 16.7. The van der Waals surface area contributed by atoms with Crippen LogP contribution in [0.2, 0.25) is 0 Å². The fourth-order valence-corrected chi connectivity index (χ4v) is 3.45. The molecule has 0 spiro atoms. The van der Waals surface area contributed by atoms with Crippen molar-refractivity contribution in [2.75, 3.05) is 0 Å². The van der Waals surface area contributed by atoms with Crippen molar-refractivity contribution in [2.45, 2.75) is 39.0 Å². The predicted molar refractivity (Wildman–Crippen MR) is 96.6 cm³/mol. The first-order chi connectivity index (χ1) is 11.6. The largest absolute Gasteiger partial charge is 0.304 e. The molecular weight excluding hydrogens is 296 g/mol. The van der Waals surface area contributed by atoms with E-state index in [9.17, 15) is 0 Å². The molecule has 0 bridgehead atoms. The summed E-state index contributed by atoms with van der Waals surface area (Å²) in [7, 11) is 0. The lowest BCUT2D eigenvalue weighted by Crippen LogP contribution is -2.02. The van der Waals surface area contributed by atoms with Gasteiger partial charge in [0.05, 0.1) is 11.7 Å². The van der Waals surface area contributed by atoms with E-state index in [-0.39, 0.29) is 0 Å². The summed E-state index contributed by atoms with van der Waals surface area (Å²) in [5, 5.41) is 4.47. The average molecular weight is 318 g/mol. The molecule has 0 aliphatic carbocycles. The summed E-state index contributed by atoms with van der Waals surface area (Å²) < 4.78 is 4.17. The van der Waals surface area contributed by atoms with Gasteiger partial charge in [-0.05, 0) is 42.0 Å². The third-order valence-corrected chi connectivity index (χ3v) is 4.75. The van der Waals surface area contributed by atoms with E-state index in [0.717, 1.165) is 12.1 Å². The molecule has 0 N–H and O–H groups in total. The zero-order valence-corrected chi connectivity index (χ0v) is 14.3. The van der Waals surface area contributed by atoms with Crippen LogP contribution in [0.5, 0.6) is 0 Å². The summed E-state index contributed by atoms with van der Waals surface area (Å²) in [6, 6.07) is 10.5. The lowest BCUT2D eigenvalue weighted by Gasteiger charge is -2.12. The molecule has 4 heteroatoms. The molecule has 0 amide bonds. The molecule has 1 unspecified atom stereocenters. The van der Waals surface area contributed by atoms with Crippen molar-refractivity contribution in [1.82, 2.24) is 19.0 Å². The summed E-state index contributed by atoms with van der Waals surface area (Å²) in [5.74, 6) is 0.850. The molecule has 122 valence electrons. The molecule has 4 aromatic heterocycles. The highest BCUT2D eigenvalue weighted by atomic mass is 15.2. The quantitative estimate of drug-likeness (QED) is 0.557. The van der Waals surface area contributed by atoms with Crippen molar-refractivity contribution >= 4 is 11.2 Å². The Morgan fingerprint density at radius 2 is 1.88 bits per heavy atom. The third kappa shape index (κ3) is 2.39. The van der Waals surface area contributed by atoms with Crippen LogP contribution in [0.3, 0.4) is 0 Å².